The van der Waals surface area contributed by atoms with Gasteiger partial charge in [-0.3, -0.25) is 4.72 Å². The fourth-order valence-electron chi connectivity index (χ4n) is 1.34. The molecule has 108 valence electrons. The SMILES string of the molecule is Nc1nnc(S(=O)(=O)Nc2ccccc2C(F)(F)F)s1. The number of anilines is 2. The Hall–Kier alpha value is -1.88. The Morgan fingerprint density at radius 1 is 1.20 bits per heavy atom. The first-order valence-corrected chi connectivity index (χ1v) is 7.28. The second kappa shape index (κ2) is 4.90. The summed E-state index contributed by atoms with van der Waals surface area (Å²) in [6, 6.07) is 4.21. The zero-order valence-electron chi connectivity index (χ0n) is 9.55. The number of nitrogens with zero attached hydrogens (tertiary/aromatic N) is 2. The summed E-state index contributed by atoms with van der Waals surface area (Å²) in [6.45, 7) is 0. The van der Waals surface area contributed by atoms with Crippen molar-refractivity contribution in [3.05, 3.63) is 29.8 Å². The average molecular weight is 324 g/mol. The van der Waals surface area contributed by atoms with Crippen molar-refractivity contribution in [1.29, 1.82) is 0 Å². The van der Waals surface area contributed by atoms with Gasteiger partial charge in [-0.2, -0.15) is 21.6 Å². The van der Waals surface area contributed by atoms with E-state index in [9.17, 15) is 21.6 Å². The first-order chi connectivity index (χ1) is 9.20. The molecule has 1 heterocycles. The molecule has 1 aromatic heterocycles. The smallest absolute Gasteiger partial charge is 0.374 e. The molecule has 0 aliphatic carbocycles. The van der Waals surface area contributed by atoms with E-state index in [0.29, 0.717) is 11.3 Å². The lowest BCUT2D eigenvalue weighted by Crippen LogP contribution is -2.17. The molecule has 11 heteroatoms. The van der Waals surface area contributed by atoms with Gasteiger partial charge in [0, 0.05) is 0 Å². The van der Waals surface area contributed by atoms with E-state index < -0.39 is 31.8 Å². The third-order valence-electron chi connectivity index (χ3n) is 2.13. The van der Waals surface area contributed by atoms with E-state index in [0.717, 1.165) is 18.2 Å². The summed E-state index contributed by atoms with van der Waals surface area (Å²) < 4.78 is 63.3. The minimum atomic E-state index is -4.68. The van der Waals surface area contributed by atoms with Gasteiger partial charge in [0.25, 0.3) is 14.4 Å². The molecule has 0 amide bonds. The second-order valence-corrected chi connectivity index (χ2v) is 6.42. The van der Waals surface area contributed by atoms with Crippen molar-refractivity contribution < 1.29 is 21.6 Å². The van der Waals surface area contributed by atoms with Crippen molar-refractivity contribution in [2.45, 2.75) is 10.5 Å². The van der Waals surface area contributed by atoms with Gasteiger partial charge < -0.3 is 5.73 Å². The maximum absolute atomic E-state index is 12.7. The van der Waals surface area contributed by atoms with Gasteiger partial charge in [0.15, 0.2) is 0 Å². The summed E-state index contributed by atoms with van der Waals surface area (Å²) in [5, 5.41) is 6.49. The normalized spacial score (nSPS) is 12.3. The number of halogens is 3. The molecule has 0 saturated heterocycles. The highest BCUT2D eigenvalue weighted by atomic mass is 32.2. The Morgan fingerprint density at radius 2 is 1.85 bits per heavy atom. The van der Waals surface area contributed by atoms with Crippen LogP contribution in [0.25, 0.3) is 0 Å². The molecule has 0 spiro atoms. The lowest BCUT2D eigenvalue weighted by molar-refractivity contribution is -0.136. The maximum atomic E-state index is 12.7. The van der Waals surface area contributed by atoms with E-state index in [2.05, 4.69) is 10.2 Å². The summed E-state index contributed by atoms with van der Waals surface area (Å²) in [7, 11) is -4.26. The maximum Gasteiger partial charge on any atom is 0.418 e. The van der Waals surface area contributed by atoms with E-state index in [1.54, 1.807) is 0 Å². The molecule has 2 rings (SSSR count). The highest BCUT2D eigenvalue weighted by Gasteiger charge is 2.34. The van der Waals surface area contributed by atoms with E-state index >= 15 is 0 Å². The molecule has 0 saturated carbocycles. The molecule has 0 aliphatic heterocycles. The quantitative estimate of drug-likeness (QED) is 0.899. The van der Waals surface area contributed by atoms with Crippen LogP contribution in [0.5, 0.6) is 0 Å². The fourth-order valence-corrected chi connectivity index (χ4v) is 3.20. The number of sulfonamides is 1. The van der Waals surface area contributed by atoms with Crippen molar-refractivity contribution in [3.8, 4) is 0 Å². The zero-order chi connectivity index (χ0) is 15.0. The lowest BCUT2D eigenvalue weighted by Gasteiger charge is -2.13. The largest absolute Gasteiger partial charge is 0.418 e. The predicted molar refractivity (Wildman–Crippen MR) is 66.6 cm³/mol. The summed E-state index contributed by atoms with van der Waals surface area (Å²) in [5.41, 5.74) is 3.56. The van der Waals surface area contributed by atoms with Gasteiger partial charge in [-0.15, -0.1) is 10.2 Å². The van der Waals surface area contributed by atoms with E-state index in [1.807, 2.05) is 4.72 Å². The van der Waals surface area contributed by atoms with Crippen LogP contribution in [-0.4, -0.2) is 18.6 Å². The van der Waals surface area contributed by atoms with E-state index in [4.69, 9.17) is 5.73 Å². The van der Waals surface area contributed by atoms with Gasteiger partial charge in [-0.25, -0.2) is 0 Å². The highest BCUT2D eigenvalue weighted by molar-refractivity contribution is 7.94. The van der Waals surface area contributed by atoms with Crippen LogP contribution in [0, 0.1) is 0 Å². The molecule has 3 N–H and O–H groups in total. The first kappa shape index (κ1) is 14.5. The molecule has 0 bridgehead atoms. The number of hydrogen-bond donors (Lipinski definition) is 2. The zero-order valence-corrected chi connectivity index (χ0v) is 11.2. The molecule has 0 radical (unpaired) electrons. The second-order valence-electron chi connectivity index (χ2n) is 3.56. The van der Waals surface area contributed by atoms with Crippen molar-refractivity contribution >= 4 is 32.2 Å². The Labute approximate surface area is 115 Å². The molecule has 0 unspecified atom stereocenters. The van der Waals surface area contributed by atoms with Gasteiger partial charge in [-0.1, -0.05) is 23.5 Å². The molecular formula is C9H7F3N4O2S2. The van der Waals surface area contributed by atoms with E-state index in [-0.39, 0.29) is 5.13 Å². The van der Waals surface area contributed by atoms with Gasteiger partial charge in [0.1, 0.15) is 0 Å². The fraction of sp³-hybridized carbons (Fsp3) is 0.111. The van der Waals surface area contributed by atoms with Gasteiger partial charge in [0.05, 0.1) is 11.3 Å². The monoisotopic (exact) mass is 324 g/mol. The van der Waals surface area contributed by atoms with Crippen molar-refractivity contribution in [2.24, 2.45) is 0 Å². The number of para-hydroxylation sites is 1. The number of nitrogens with one attached hydrogen (secondary N) is 1. The van der Waals surface area contributed by atoms with Crippen LogP contribution in [0.2, 0.25) is 0 Å². The number of hydrogen-bond acceptors (Lipinski definition) is 6. The number of alkyl halides is 3. The van der Waals surface area contributed by atoms with Crippen molar-refractivity contribution in [3.63, 3.8) is 0 Å². The summed E-state index contributed by atoms with van der Waals surface area (Å²) in [6.07, 6.45) is -4.68. The molecular weight excluding hydrogens is 317 g/mol. The molecule has 0 aliphatic rings. The van der Waals surface area contributed by atoms with Crippen LogP contribution in [0.1, 0.15) is 5.56 Å². The average Bonchev–Trinajstić information content (AvgIpc) is 2.75. The molecule has 1 aromatic carbocycles. The number of nitrogen functional groups attached to an aromatic ring is 1. The van der Waals surface area contributed by atoms with Crippen LogP contribution < -0.4 is 10.5 Å². The Morgan fingerprint density at radius 3 is 2.40 bits per heavy atom. The molecule has 6 nitrogen and oxygen atoms in total. The Bertz CT molecular complexity index is 727. The van der Waals surface area contributed by atoms with Crippen LogP contribution in [-0.2, 0) is 16.2 Å². The lowest BCUT2D eigenvalue weighted by atomic mass is 10.2. The summed E-state index contributed by atoms with van der Waals surface area (Å²) in [4.78, 5) is 0. The minimum absolute atomic E-state index is 0.102. The van der Waals surface area contributed by atoms with Crippen LogP contribution in [0.15, 0.2) is 28.6 Å². The Balaban J connectivity index is 2.40. The highest BCUT2D eigenvalue weighted by Crippen LogP contribution is 2.35. The first-order valence-electron chi connectivity index (χ1n) is 4.98. The summed E-state index contributed by atoms with van der Waals surface area (Å²) >= 11 is 0.551. The molecule has 0 atom stereocenters. The minimum Gasteiger partial charge on any atom is -0.374 e. The van der Waals surface area contributed by atoms with Crippen molar-refractivity contribution in [1.82, 2.24) is 10.2 Å². The molecule has 0 fully saturated rings. The molecule has 2 aromatic rings. The standard InChI is InChI=1S/C9H7F3N4O2S2/c10-9(11,12)5-3-1-2-4-6(5)16-20(17,18)8-15-14-7(13)19-8/h1-4,16H,(H2,13,14). The summed E-state index contributed by atoms with van der Waals surface area (Å²) in [5.74, 6) is 0. The van der Waals surface area contributed by atoms with Gasteiger partial charge in [0.2, 0.25) is 5.13 Å². The number of aromatic nitrogens is 2. The van der Waals surface area contributed by atoms with Crippen molar-refractivity contribution in [2.75, 3.05) is 10.5 Å². The van der Waals surface area contributed by atoms with Crippen LogP contribution >= 0.6 is 11.3 Å². The number of rotatable bonds is 3. The third kappa shape index (κ3) is 2.99. The Kier molecular flexibility index (Phi) is 3.56. The van der Waals surface area contributed by atoms with Gasteiger partial charge in [-0.05, 0) is 12.1 Å². The van der Waals surface area contributed by atoms with Crippen LogP contribution in [0.3, 0.4) is 0 Å². The predicted octanol–water partition coefficient (Wildman–Crippen LogP) is 1.94. The van der Waals surface area contributed by atoms with Gasteiger partial charge >= 0.3 is 6.18 Å². The van der Waals surface area contributed by atoms with E-state index in [1.165, 1.54) is 6.07 Å². The number of nitrogens with two attached hydrogens (primary N) is 1. The van der Waals surface area contributed by atoms with Crippen LogP contribution in [0.4, 0.5) is 24.0 Å². The molecule has 20 heavy (non-hydrogen) atoms. The number of benzene rings is 1. The topological polar surface area (TPSA) is 98.0 Å². The third-order valence-corrected chi connectivity index (χ3v) is 4.61.